The number of hydrogen-bond donors (Lipinski definition) is 0. The maximum absolute atomic E-state index is 4.14. The maximum atomic E-state index is 4.14. The molecular formula is C9H11N. The molecule has 52 valence electrons. The van der Waals surface area contributed by atoms with Crippen molar-refractivity contribution in [3.63, 3.8) is 0 Å². The zero-order valence-electron chi connectivity index (χ0n) is 6.17. The molecule has 1 aliphatic heterocycles. The first-order valence-corrected chi connectivity index (χ1v) is 3.36. The van der Waals surface area contributed by atoms with Gasteiger partial charge in [-0.3, -0.25) is 4.99 Å². The highest BCUT2D eigenvalue weighted by Crippen LogP contribution is 2.15. The van der Waals surface area contributed by atoms with Gasteiger partial charge in [-0.25, -0.2) is 0 Å². The lowest BCUT2D eigenvalue weighted by atomic mass is 10.2. The smallest absolute Gasteiger partial charge is 0.0404 e. The zero-order valence-corrected chi connectivity index (χ0v) is 6.17. The Hall–Kier alpha value is -1.11. The first kappa shape index (κ1) is 7.00. The average molecular weight is 133 g/mol. The van der Waals surface area contributed by atoms with E-state index in [1.807, 2.05) is 19.2 Å². The lowest BCUT2D eigenvalue weighted by Crippen LogP contribution is -1.74. The molecule has 10 heavy (non-hydrogen) atoms. The third-order valence-electron chi connectivity index (χ3n) is 1.49. The minimum absolute atomic E-state index is 0.968. The van der Waals surface area contributed by atoms with Gasteiger partial charge in [0.15, 0.2) is 0 Å². The van der Waals surface area contributed by atoms with Crippen molar-refractivity contribution in [1.29, 1.82) is 0 Å². The van der Waals surface area contributed by atoms with Gasteiger partial charge in [0, 0.05) is 18.3 Å². The summed E-state index contributed by atoms with van der Waals surface area (Å²) < 4.78 is 0. The summed E-state index contributed by atoms with van der Waals surface area (Å²) in [4.78, 5) is 4.14. The minimum Gasteiger partial charge on any atom is -0.265 e. The van der Waals surface area contributed by atoms with Gasteiger partial charge in [0.1, 0.15) is 0 Å². The summed E-state index contributed by atoms with van der Waals surface area (Å²) in [5.41, 5.74) is 2.41. The Morgan fingerprint density at radius 2 is 2.50 bits per heavy atom. The Kier molecular flexibility index (Phi) is 2.21. The van der Waals surface area contributed by atoms with Crippen LogP contribution < -0.4 is 0 Å². The third-order valence-corrected chi connectivity index (χ3v) is 1.49. The fraction of sp³-hybridized carbons (Fsp3) is 0.222. The molecular weight excluding hydrogens is 122 g/mol. The molecule has 0 N–H and O–H groups in total. The topological polar surface area (TPSA) is 12.4 Å². The van der Waals surface area contributed by atoms with Gasteiger partial charge in [-0.15, -0.1) is 0 Å². The molecule has 0 aromatic rings. The van der Waals surface area contributed by atoms with Crippen LogP contribution in [-0.2, 0) is 0 Å². The van der Waals surface area contributed by atoms with Crippen LogP contribution in [0, 0.1) is 0 Å². The number of rotatable bonds is 2. The Morgan fingerprint density at radius 1 is 1.70 bits per heavy atom. The maximum Gasteiger partial charge on any atom is 0.0404 e. The summed E-state index contributed by atoms with van der Waals surface area (Å²) in [6.45, 7) is 5.62. The van der Waals surface area contributed by atoms with Crippen molar-refractivity contribution >= 4 is 6.21 Å². The number of hydrogen-bond acceptors (Lipinski definition) is 1. The Morgan fingerprint density at radius 3 is 3.00 bits per heavy atom. The van der Waals surface area contributed by atoms with Crippen molar-refractivity contribution in [3.05, 3.63) is 36.1 Å². The molecule has 1 rings (SSSR count). The molecule has 0 saturated carbocycles. The van der Waals surface area contributed by atoms with Gasteiger partial charge in [-0.2, -0.15) is 0 Å². The SMILES string of the molecule is C=C/C=C\C1=C(C)N=CC1. The molecule has 0 aromatic carbocycles. The fourth-order valence-electron chi connectivity index (χ4n) is 0.884. The van der Waals surface area contributed by atoms with Crippen LogP contribution in [0.1, 0.15) is 13.3 Å². The molecule has 1 nitrogen and oxygen atoms in total. The molecule has 1 heteroatoms. The number of allylic oxidation sites excluding steroid dienone is 5. The van der Waals surface area contributed by atoms with Crippen molar-refractivity contribution in [2.75, 3.05) is 0 Å². The Labute approximate surface area is 61.5 Å². The summed E-state index contributed by atoms with van der Waals surface area (Å²) in [6, 6.07) is 0. The van der Waals surface area contributed by atoms with Crippen molar-refractivity contribution in [2.24, 2.45) is 4.99 Å². The van der Waals surface area contributed by atoms with E-state index in [0.717, 1.165) is 12.1 Å². The van der Waals surface area contributed by atoms with Gasteiger partial charge in [0.05, 0.1) is 0 Å². The van der Waals surface area contributed by atoms with E-state index >= 15 is 0 Å². The molecule has 0 bridgehead atoms. The van der Waals surface area contributed by atoms with E-state index in [4.69, 9.17) is 0 Å². The van der Waals surface area contributed by atoms with E-state index < -0.39 is 0 Å². The van der Waals surface area contributed by atoms with E-state index in [9.17, 15) is 0 Å². The number of aliphatic imine (C=N–C) groups is 1. The van der Waals surface area contributed by atoms with Crippen LogP contribution in [0.5, 0.6) is 0 Å². The van der Waals surface area contributed by atoms with Crippen molar-refractivity contribution < 1.29 is 0 Å². The summed E-state index contributed by atoms with van der Waals surface area (Å²) >= 11 is 0. The summed E-state index contributed by atoms with van der Waals surface area (Å²) in [5.74, 6) is 0. The predicted molar refractivity (Wildman–Crippen MR) is 45.1 cm³/mol. The van der Waals surface area contributed by atoms with Crippen LogP contribution in [0.25, 0.3) is 0 Å². The predicted octanol–water partition coefficient (Wildman–Crippen LogP) is 2.48. The van der Waals surface area contributed by atoms with Gasteiger partial charge < -0.3 is 0 Å². The molecule has 1 aliphatic rings. The van der Waals surface area contributed by atoms with Gasteiger partial charge in [0.2, 0.25) is 0 Å². The van der Waals surface area contributed by atoms with E-state index in [2.05, 4.69) is 17.6 Å². The Bertz CT molecular complexity index is 219. The van der Waals surface area contributed by atoms with E-state index in [1.165, 1.54) is 5.57 Å². The summed E-state index contributed by atoms with van der Waals surface area (Å²) in [7, 11) is 0. The molecule has 0 aliphatic carbocycles. The van der Waals surface area contributed by atoms with Gasteiger partial charge in [-0.1, -0.05) is 24.8 Å². The first-order chi connectivity index (χ1) is 4.84. The van der Waals surface area contributed by atoms with Crippen LogP contribution in [-0.4, -0.2) is 6.21 Å². The van der Waals surface area contributed by atoms with E-state index in [1.54, 1.807) is 6.08 Å². The quantitative estimate of drug-likeness (QED) is 0.513. The van der Waals surface area contributed by atoms with Crippen LogP contribution in [0.3, 0.4) is 0 Å². The zero-order chi connectivity index (χ0) is 7.40. The highest BCUT2D eigenvalue weighted by Gasteiger charge is 2.00. The van der Waals surface area contributed by atoms with Crippen LogP contribution in [0.2, 0.25) is 0 Å². The molecule has 0 spiro atoms. The highest BCUT2D eigenvalue weighted by molar-refractivity contribution is 5.68. The van der Waals surface area contributed by atoms with Crippen molar-refractivity contribution in [1.82, 2.24) is 0 Å². The molecule has 0 aromatic heterocycles. The molecule has 1 heterocycles. The molecule has 0 amide bonds. The van der Waals surface area contributed by atoms with E-state index in [-0.39, 0.29) is 0 Å². The molecule has 0 unspecified atom stereocenters. The van der Waals surface area contributed by atoms with Gasteiger partial charge in [0.25, 0.3) is 0 Å². The highest BCUT2D eigenvalue weighted by atomic mass is 14.7. The molecule has 0 fully saturated rings. The lowest BCUT2D eigenvalue weighted by molar-refractivity contribution is 1.28. The first-order valence-electron chi connectivity index (χ1n) is 3.36. The normalized spacial score (nSPS) is 17.3. The van der Waals surface area contributed by atoms with Crippen molar-refractivity contribution in [2.45, 2.75) is 13.3 Å². The Balaban J connectivity index is 2.67. The van der Waals surface area contributed by atoms with Gasteiger partial charge in [-0.05, 0) is 12.5 Å². The standard InChI is InChI=1S/C9H11N/c1-3-4-5-9-6-7-10-8(9)2/h3-5,7H,1,6H2,2H3/b5-4-. The third kappa shape index (κ3) is 1.44. The van der Waals surface area contributed by atoms with Crippen LogP contribution in [0.15, 0.2) is 41.1 Å². The molecule has 0 radical (unpaired) electrons. The summed E-state index contributed by atoms with van der Waals surface area (Å²) in [6.07, 6.45) is 8.66. The molecule has 0 atom stereocenters. The number of nitrogens with zero attached hydrogens (tertiary/aromatic N) is 1. The monoisotopic (exact) mass is 133 g/mol. The van der Waals surface area contributed by atoms with Crippen LogP contribution >= 0.6 is 0 Å². The van der Waals surface area contributed by atoms with Crippen LogP contribution in [0.4, 0.5) is 0 Å². The summed E-state index contributed by atoms with van der Waals surface area (Å²) in [5, 5.41) is 0. The lowest BCUT2D eigenvalue weighted by Gasteiger charge is -1.90. The largest absolute Gasteiger partial charge is 0.265 e. The van der Waals surface area contributed by atoms with E-state index in [0.29, 0.717) is 0 Å². The van der Waals surface area contributed by atoms with Gasteiger partial charge >= 0.3 is 0 Å². The average Bonchev–Trinajstić information content (AvgIpc) is 2.31. The van der Waals surface area contributed by atoms with Crippen molar-refractivity contribution in [3.8, 4) is 0 Å². The fourth-order valence-corrected chi connectivity index (χ4v) is 0.884. The second-order valence-corrected chi connectivity index (χ2v) is 2.22. The second-order valence-electron chi connectivity index (χ2n) is 2.22. The minimum atomic E-state index is 0.968. The second kappa shape index (κ2) is 3.16. The molecule has 0 saturated heterocycles.